The Kier molecular flexibility index (Phi) is 25.6. The van der Waals surface area contributed by atoms with Gasteiger partial charge in [-0.1, -0.05) is 183 Å². The van der Waals surface area contributed by atoms with E-state index < -0.39 is 29.3 Å². The van der Waals surface area contributed by atoms with Crippen molar-refractivity contribution in [3.63, 3.8) is 0 Å². The quantitative estimate of drug-likeness (QED) is 0.0393. The summed E-state index contributed by atoms with van der Waals surface area (Å²) in [6, 6.07) is 64.4. The molecule has 0 radical (unpaired) electrons. The number of pyridine rings is 1. The number of nitrogens with zero attached hydrogens (tertiary/aromatic N) is 18. The first-order chi connectivity index (χ1) is 61.6. The Labute approximate surface area is 714 Å². The molecule has 12 heterocycles. The van der Waals surface area contributed by atoms with E-state index in [1.165, 1.54) is 109 Å². The van der Waals surface area contributed by atoms with Crippen molar-refractivity contribution in [1.82, 2.24) is 113 Å². The van der Waals surface area contributed by atoms with Crippen molar-refractivity contribution >= 4 is 28.9 Å². The van der Waals surface area contributed by atoms with Crippen LogP contribution < -0.4 is 46.7 Å². The Morgan fingerprint density at radius 2 is 0.685 bits per heavy atom. The molecule has 20 rings (SSSR count). The first-order valence-electron chi connectivity index (χ1n) is 40.1. The van der Waals surface area contributed by atoms with Crippen molar-refractivity contribution < 1.29 is 50.4 Å². The second kappa shape index (κ2) is 38.3. The van der Waals surface area contributed by atoms with E-state index in [0.717, 1.165) is 72.6 Å². The van der Waals surface area contributed by atoms with E-state index in [0.29, 0.717) is 94.3 Å². The van der Waals surface area contributed by atoms with Crippen LogP contribution in [0.15, 0.2) is 261 Å². The highest BCUT2D eigenvalue weighted by atomic mass is 19.4. The standard InChI is InChI=1S/C19H13F3N4O3.C18H16F2N6O2.C18H20N4O2.C17H13N5O2.C16H16N4O2/c20-19(21,22)29-15-9-5-4-8-14(15)28-11-13-10-16(27)26-18(23-13)24-17(25-26)12-6-2-1-3-7-12;1-18(19,20)13-9-15(25(2)23-13)28-10-12-8-14(27)26-17(21-12)22-16(24-26)11-6-4-3-5-7-11;23-16-11-14(12-24-15-9-5-2-6-10-15)19-18-20-17(21-22(16)18)13-7-3-1-4-8-13;23-15-9-13(11-24-14-7-4-8-18-10-14)19-17-20-16(21-22(15)17)12-5-2-1-3-6-12;21-14-9-12(10-22-13-7-4-8-13)17-16-18-15(19-20(14)16)11-5-2-1-3-6-11/h1-10H,11H2,(H,23,24,25);3-9H,10H2,1-2H3,(H,21,22,24);1,3-4,7-8,11,15H,2,5-6,9-10,12H2,(H,19,20,21);1-10H,11H2,(H,19,20,21);1-3,5-6,9,13H,4,7-8,10H2,(H,17,18,19). The van der Waals surface area contributed by atoms with E-state index in [2.05, 4.69) is 90.2 Å². The Morgan fingerprint density at radius 1 is 0.362 bits per heavy atom. The van der Waals surface area contributed by atoms with Gasteiger partial charge in [0.25, 0.3) is 62.6 Å². The summed E-state index contributed by atoms with van der Waals surface area (Å²) in [7, 11) is 1.50. The van der Waals surface area contributed by atoms with Crippen molar-refractivity contribution in [2.45, 2.75) is 116 Å². The SMILES string of the molecule is Cn1nc(C(C)(F)F)cc1OCc1cc(=O)n2[nH]c(-c3ccccc3)nc2n1.O=c1cc(COC2CCC2)nc2nc(-c3ccccc3)[nH]n12.O=c1cc(COC2CCCCC2)nc2nc(-c3ccccc3)[nH]n12.O=c1cc(COc2ccccc2OC(F)(F)F)nc2nc(-c3ccccc3)[nH]n12.O=c1cc(COc2cccnc2)nc2nc(-c3ccccc3)[nH]n12. The van der Waals surface area contributed by atoms with Gasteiger partial charge in [0.1, 0.15) is 31.3 Å². The van der Waals surface area contributed by atoms with Crippen LogP contribution >= 0.6 is 0 Å². The summed E-state index contributed by atoms with van der Waals surface area (Å²) in [5, 5.41) is 18.4. The average molecular weight is 1730 g/mol. The third-order valence-corrected chi connectivity index (χ3v) is 19.8. The summed E-state index contributed by atoms with van der Waals surface area (Å²) >= 11 is 0. The van der Waals surface area contributed by atoms with Gasteiger partial charge < -0.3 is 28.4 Å². The second-order valence-corrected chi connectivity index (χ2v) is 29.2. The Balaban J connectivity index is 0.000000117. The molecule has 12 aromatic heterocycles. The highest BCUT2D eigenvalue weighted by molar-refractivity contribution is 5.61. The first-order valence-corrected chi connectivity index (χ1v) is 40.1. The largest absolute Gasteiger partial charge is 0.573 e. The van der Waals surface area contributed by atoms with E-state index in [-0.39, 0.29) is 77.0 Å². The third-order valence-electron chi connectivity index (χ3n) is 19.8. The second-order valence-electron chi connectivity index (χ2n) is 29.2. The molecule has 0 bridgehead atoms. The number of aromatic nitrogens is 23. The molecule has 18 aromatic rings. The van der Waals surface area contributed by atoms with Crippen LogP contribution in [-0.2, 0) is 55.5 Å². The molecular formula is C88H78F5N23O11. The summed E-state index contributed by atoms with van der Waals surface area (Å²) in [5.74, 6) is 1.26. The molecule has 0 atom stereocenters. The summed E-state index contributed by atoms with van der Waals surface area (Å²) in [6.07, 6.45) is 8.38. The van der Waals surface area contributed by atoms with E-state index in [1.807, 2.05) is 152 Å². The lowest BCUT2D eigenvalue weighted by Gasteiger charge is -2.25. The lowest BCUT2D eigenvalue weighted by atomic mass is 9.96. The Hall–Kier alpha value is -15.8. The van der Waals surface area contributed by atoms with Crippen LogP contribution in [0.2, 0.25) is 0 Å². The van der Waals surface area contributed by atoms with Crippen LogP contribution in [0, 0.1) is 0 Å². The zero-order chi connectivity index (χ0) is 88.0. The molecule has 127 heavy (non-hydrogen) atoms. The van der Waals surface area contributed by atoms with E-state index in [9.17, 15) is 45.9 Å². The maximum absolute atomic E-state index is 13.4. The van der Waals surface area contributed by atoms with Gasteiger partial charge >= 0.3 is 6.36 Å². The number of alkyl halides is 5. The number of nitrogens with one attached hydrogen (secondary N) is 5. The topological polar surface area (TPSA) is 401 Å². The molecule has 0 spiro atoms. The third kappa shape index (κ3) is 21.5. The minimum Gasteiger partial charge on any atom is -0.486 e. The van der Waals surface area contributed by atoms with E-state index in [4.69, 9.17) is 23.7 Å². The number of ether oxygens (including phenoxy) is 6. The van der Waals surface area contributed by atoms with E-state index >= 15 is 0 Å². The van der Waals surface area contributed by atoms with Crippen LogP contribution in [0.4, 0.5) is 22.0 Å². The number of H-pyrrole nitrogens is 5. The van der Waals surface area contributed by atoms with Gasteiger partial charge in [-0.2, -0.15) is 61.4 Å². The Bertz CT molecular complexity index is 7110. The lowest BCUT2D eigenvalue weighted by Crippen LogP contribution is -2.22. The fraction of sp³-hybridized carbons (Fsp3) is 0.216. The minimum atomic E-state index is -4.85. The molecule has 34 nitrogen and oxygen atoms in total. The fourth-order valence-electron chi connectivity index (χ4n) is 13.3. The van der Waals surface area contributed by atoms with Crippen LogP contribution in [0.1, 0.15) is 92.5 Å². The van der Waals surface area contributed by atoms with Gasteiger partial charge in [-0.3, -0.25) is 54.5 Å². The number of benzene rings is 6. The molecule has 0 saturated heterocycles. The summed E-state index contributed by atoms with van der Waals surface area (Å²) < 4.78 is 104. The molecule has 6 aromatic carbocycles. The molecule has 646 valence electrons. The predicted molar refractivity (Wildman–Crippen MR) is 452 cm³/mol. The minimum absolute atomic E-state index is 0.0898. The van der Waals surface area contributed by atoms with Gasteiger partial charge in [-0.15, -0.1) is 13.2 Å². The molecule has 2 fully saturated rings. The predicted octanol–water partition coefficient (Wildman–Crippen LogP) is 13.2. The maximum Gasteiger partial charge on any atom is 0.573 e. The number of aromatic amines is 5. The molecule has 39 heteroatoms. The monoisotopic (exact) mass is 1730 g/mol. The normalized spacial score (nSPS) is 12.9. The fourth-order valence-corrected chi connectivity index (χ4v) is 13.3. The number of fused-ring (bicyclic) bond motifs is 5. The highest BCUT2D eigenvalue weighted by Crippen LogP contribution is 2.34. The number of rotatable bonds is 22. The van der Waals surface area contributed by atoms with Crippen molar-refractivity contribution in [3.8, 4) is 80.1 Å². The number of hydrogen-bond donors (Lipinski definition) is 5. The molecule has 2 aliphatic carbocycles. The molecule has 5 N–H and O–H groups in total. The molecular weight excluding hydrogens is 1650 g/mol. The van der Waals surface area contributed by atoms with E-state index in [1.54, 1.807) is 24.5 Å². The molecule has 0 unspecified atom stereocenters. The summed E-state index contributed by atoms with van der Waals surface area (Å²) in [4.78, 5) is 109. The number of hydrogen-bond acceptors (Lipinski definition) is 23. The lowest BCUT2D eigenvalue weighted by molar-refractivity contribution is -0.275. The Morgan fingerprint density at radius 3 is 1.00 bits per heavy atom. The van der Waals surface area contributed by atoms with Gasteiger partial charge in [0.2, 0.25) is 5.88 Å². The molecule has 2 aliphatic rings. The van der Waals surface area contributed by atoms with Crippen molar-refractivity contribution in [3.05, 3.63) is 323 Å². The van der Waals surface area contributed by atoms with Crippen LogP contribution in [0.25, 0.3) is 85.8 Å². The van der Waals surface area contributed by atoms with Crippen LogP contribution in [0.3, 0.4) is 0 Å². The smallest absolute Gasteiger partial charge is 0.486 e. The first kappa shape index (κ1) is 84.8. The van der Waals surface area contributed by atoms with Gasteiger partial charge in [0, 0.05) is 84.4 Å². The van der Waals surface area contributed by atoms with Crippen molar-refractivity contribution in [2.24, 2.45) is 7.05 Å². The van der Waals surface area contributed by atoms with Crippen molar-refractivity contribution in [2.75, 3.05) is 0 Å². The van der Waals surface area contributed by atoms with Gasteiger partial charge in [-0.05, 0) is 56.4 Å². The molecule has 2 saturated carbocycles. The van der Waals surface area contributed by atoms with Crippen molar-refractivity contribution in [1.29, 1.82) is 0 Å². The van der Waals surface area contributed by atoms with Gasteiger partial charge in [0.05, 0.1) is 60.1 Å². The summed E-state index contributed by atoms with van der Waals surface area (Å²) in [5.41, 5.74) is 4.85. The zero-order valence-electron chi connectivity index (χ0n) is 67.8. The highest BCUT2D eigenvalue weighted by Gasteiger charge is 2.33. The van der Waals surface area contributed by atoms with Gasteiger partial charge in [0.15, 0.2) is 40.6 Å². The molecule has 0 aliphatic heterocycles. The number of halogens is 5. The number of aryl methyl sites for hydroxylation is 1. The van der Waals surface area contributed by atoms with Crippen LogP contribution in [-0.4, -0.2) is 131 Å². The van der Waals surface area contributed by atoms with Gasteiger partial charge in [-0.25, -0.2) is 29.6 Å². The zero-order valence-corrected chi connectivity index (χ0v) is 67.8. The summed E-state index contributed by atoms with van der Waals surface area (Å²) in [6.45, 7) is 1.33. The maximum atomic E-state index is 13.4. The van der Waals surface area contributed by atoms with Crippen LogP contribution in [0.5, 0.6) is 23.1 Å². The number of para-hydroxylation sites is 2. The molecule has 0 amide bonds. The average Bonchev–Trinajstić information content (AvgIpc) is 1.67.